The Morgan fingerprint density at radius 2 is 1.89 bits per heavy atom. The van der Waals surface area contributed by atoms with Gasteiger partial charge in [0.1, 0.15) is 0 Å². The van der Waals surface area contributed by atoms with Gasteiger partial charge in [0, 0.05) is 11.1 Å². The third kappa shape index (κ3) is 3.12. The van der Waals surface area contributed by atoms with Crippen molar-refractivity contribution in [3.63, 3.8) is 0 Å². The second kappa shape index (κ2) is 6.03. The molecule has 2 N–H and O–H groups in total. The standard InChI is InChI=1S/C16H18ClN/c1-2-13-7-3-4-9-15(13)16(18)11-12-6-5-8-14(17)10-12/h3-10,16H,2,11,18H2,1H3. The minimum absolute atomic E-state index is 0.0274. The third-order valence-corrected chi connectivity index (χ3v) is 3.42. The van der Waals surface area contributed by atoms with Crippen LogP contribution >= 0.6 is 11.6 Å². The Bertz CT molecular complexity index is 522. The van der Waals surface area contributed by atoms with Crippen LogP contribution < -0.4 is 5.73 Å². The summed E-state index contributed by atoms with van der Waals surface area (Å²) in [5, 5.41) is 0.767. The first-order chi connectivity index (χ1) is 8.70. The van der Waals surface area contributed by atoms with Gasteiger partial charge in [0.15, 0.2) is 0 Å². The fourth-order valence-corrected chi connectivity index (χ4v) is 2.46. The van der Waals surface area contributed by atoms with Crippen molar-refractivity contribution in [3.05, 3.63) is 70.2 Å². The van der Waals surface area contributed by atoms with Gasteiger partial charge in [0.05, 0.1) is 0 Å². The Hall–Kier alpha value is -1.31. The van der Waals surface area contributed by atoms with Crippen LogP contribution in [-0.4, -0.2) is 0 Å². The molecular formula is C16H18ClN. The summed E-state index contributed by atoms with van der Waals surface area (Å²) in [6.07, 6.45) is 1.83. The van der Waals surface area contributed by atoms with Gasteiger partial charge in [-0.2, -0.15) is 0 Å². The average Bonchev–Trinajstić information content (AvgIpc) is 2.38. The molecule has 0 aromatic heterocycles. The number of benzene rings is 2. The number of rotatable bonds is 4. The molecule has 0 aliphatic carbocycles. The number of hydrogen-bond donors (Lipinski definition) is 1. The van der Waals surface area contributed by atoms with Crippen molar-refractivity contribution >= 4 is 11.6 Å². The van der Waals surface area contributed by atoms with Gasteiger partial charge in [0.2, 0.25) is 0 Å². The van der Waals surface area contributed by atoms with Gasteiger partial charge in [-0.1, -0.05) is 54.9 Å². The quantitative estimate of drug-likeness (QED) is 0.877. The van der Waals surface area contributed by atoms with E-state index in [0.717, 1.165) is 17.9 Å². The van der Waals surface area contributed by atoms with Crippen molar-refractivity contribution in [2.24, 2.45) is 5.73 Å². The minimum atomic E-state index is 0.0274. The molecule has 2 heteroatoms. The van der Waals surface area contributed by atoms with Crippen molar-refractivity contribution in [2.45, 2.75) is 25.8 Å². The molecule has 0 aliphatic rings. The van der Waals surface area contributed by atoms with E-state index in [2.05, 4.69) is 31.2 Å². The number of hydrogen-bond acceptors (Lipinski definition) is 1. The van der Waals surface area contributed by atoms with E-state index >= 15 is 0 Å². The molecule has 0 aliphatic heterocycles. The minimum Gasteiger partial charge on any atom is -0.324 e. The van der Waals surface area contributed by atoms with Crippen LogP contribution in [0.1, 0.15) is 29.7 Å². The van der Waals surface area contributed by atoms with Gasteiger partial charge in [-0.3, -0.25) is 0 Å². The molecule has 0 saturated carbocycles. The molecule has 0 fully saturated rings. The zero-order valence-corrected chi connectivity index (χ0v) is 11.3. The van der Waals surface area contributed by atoms with Crippen LogP contribution in [-0.2, 0) is 12.8 Å². The van der Waals surface area contributed by atoms with E-state index in [-0.39, 0.29) is 6.04 Å². The fourth-order valence-electron chi connectivity index (χ4n) is 2.25. The number of nitrogens with two attached hydrogens (primary N) is 1. The molecule has 0 radical (unpaired) electrons. The fraction of sp³-hybridized carbons (Fsp3) is 0.250. The van der Waals surface area contributed by atoms with Gasteiger partial charge in [0.25, 0.3) is 0 Å². The summed E-state index contributed by atoms with van der Waals surface area (Å²) in [4.78, 5) is 0. The van der Waals surface area contributed by atoms with Gasteiger partial charge >= 0.3 is 0 Å². The first kappa shape index (κ1) is 13.1. The van der Waals surface area contributed by atoms with Crippen molar-refractivity contribution in [2.75, 3.05) is 0 Å². The summed E-state index contributed by atoms with van der Waals surface area (Å²) >= 11 is 5.99. The van der Waals surface area contributed by atoms with Crippen LogP contribution in [0.3, 0.4) is 0 Å². The lowest BCUT2D eigenvalue weighted by Gasteiger charge is -2.16. The Labute approximate surface area is 114 Å². The van der Waals surface area contributed by atoms with Crippen molar-refractivity contribution in [1.82, 2.24) is 0 Å². The van der Waals surface area contributed by atoms with Crippen molar-refractivity contribution in [3.8, 4) is 0 Å². The van der Waals surface area contributed by atoms with Gasteiger partial charge in [-0.15, -0.1) is 0 Å². The van der Waals surface area contributed by atoms with E-state index < -0.39 is 0 Å². The Kier molecular flexibility index (Phi) is 4.40. The van der Waals surface area contributed by atoms with Crippen LogP contribution in [0.25, 0.3) is 0 Å². The smallest absolute Gasteiger partial charge is 0.0408 e. The maximum atomic E-state index is 6.31. The van der Waals surface area contributed by atoms with Crippen LogP contribution in [0, 0.1) is 0 Å². The molecule has 0 heterocycles. The van der Waals surface area contributed by atoms with E-state index in [1.54, 1.807) is 0 Å². The lowest BCUT2D eigenvalue weighted by Crippen LogP contribution is -2.15. The van der Waals surface area contributed by atoms with E-state index in [1.165, 1.54) is 16.7 Å². The highest BCUT2D eigenvalue weighted by molar-refractivity contribution is 6.30. The molecule has 2 aromatic rings. The lowest BCUT2D eigenvalue weighted by atomic mass is 9.94. The van der Waals surface area contributed by atoms with Gasteiger partial charge in [-0.05, 0) is 41.7 Å². The predicted octanol–water partition coefficient (Wildman–Crippen LogP) is 4.14. The Morgan fingerprint density at radius 3 is 2.61 bits per heavy atom. The summed E-state index contributed by atoms with van der Waals surface area (Å²) in [6, 6.07) is 16.3. The van der Waals surface area contributed by atoms with Crippen LogP contribution in [0.5, 0.6) is 0 Å². The molecule has 0 amide bonds. The average molecular weight is 260 g/mol. The van der Waals surface area contributed by atoms with Crippen molar-refractivity contribution in [1.29, 1.82) is 0 Å². The maximum absolute atomic E-state index is 6.31. The van der Waals surface area contributed by atoms with Crippen LogP contribution in [0.15, 0.2) is 48.5 Å². The maximum Gasteiger partial charge on any atom is 0.0408 e. The Balaban J connectivity index is 2.19. The molecule has 0 spiro atoms. The Morgan fingerprint density at radius 1 is 1.11 bits per heavy atom. The normalized spacial score (nSPS) is 12.4. The summed E-state index contributed by atoms with van der Waals surface area (Å²) in [7, 11) is 0. The first-order valence-corrected chi connectivity index (χ1v) is 6.66. The molecule has 94 valence electrons. The molecule has 1 atom stereocenters. The van der Waals surface area contributed by atoms with Gasteiger partial charge in [-0.25, -0.2) is 0 Å². The summed E-state index contributed by atoms with van der Waals surface area (Å²) in [5.41, 5.74) is 10.1. The highest BCUT2D eigenvalue weighted by atomic mass is 35.5. The zero-order valence-electron chi connectivity index (χ0n) is 10.6. The number of aryl methyl sites for hydroxylation is 1. The summed E-state index contributed by atoms with van der Waals surface area (Å²) < 4.78 is 0. The molecule has 0 bridgehead atoms. The molecule has 18 heavy (non-hydrogen) atoms. The van der Waals surface area contributed by atoms with Gasteiger partial charge < -0.3 is 5.73 Å². The van der Waals surface area contributed by atoms with Crippen LogP contribution in [0.4, 0.5) is 0 Å². The highest BCUT2D eigenvalue weighted by Crippen LogP contribution is 2.21. The molecule has 2 rings (SSSR count). The predicted molar refractivity (Wildman–Crippen MR) is 77.9 cm³/mol. The molecule has 0 saturated heterocycles. The van der Waals surface area contributed by atoms with Crippen molar-refractivity contribution < 1.29 is 0 Å². The molecule has 1 nitrogen and oxygen atoms in total. The SMILES string of the molecule is CCc1ccccc1C(N)Cc1cccc(Cl)c1. The second-order valence-electron chi connectivity index (χ2n) is 4.49. The molecule has 2 aromatic carbocycles. The second-order valence-corrected chi connectivity index (χ2v) is 4.93. The molecule has 1 unspecified atom stereocenters. The van der Waals surface area contributed by atoms with E-state index in [0.29, 0.717) is 0 Å². The largest absolute Gasteiger partial charge is 0.324 e. The third-order valence-electron chi connectivity index (χ3n) is 3.18. The lowest BCUT2D eigenvalue weighted by molar-refractivity contribution is 0.712. The highest BCUT2D eigenvalue weighted by Gasteiger charge is 2.10. The number of halogens is 1. The topological polar surface area (TPSA) is 26.0 Å². The summed E-state index contributed by atoms with van der Waals surface area (Å²) in [5.74, 6) is 0. The first-order valence-electron chi connectivity index (χ1n) is 6.28. The van der Waals surface area contributed by atoms with E-state index in [9.17, 15) is 0 Å². The van der Waals surface area contributed by atoms with E-state index in [1.807, 2.05) is 24.3 Å². The summed E-state index contributed by atoms with van der Waals surface area (Å²) in [6.45, 7) is 2.16. The monoisotopic (exact) mass is 259 g/mol. The zero-order chi connectivity index (χ0) is 13.0. The van der Waals surface area contributed by atoms with E-state index in [4.69, 9.17) is 17.3 Å². The van der Waals surface area contributed by atoms with Crippen LogP contribution in [0.2, 0.25) is 5.02 Å². The molecular weight excluding hydrogens is 242 g/mol.